The van der Waals surface area contributed by atoms with Gasteiger partial charge >= 0.3 is 0 Å². The van der Waals surface area contributed by atoms with Crippen molar-refractivity contribution in [3.63, 3.8) is 0 Å². The molecule has 86 valence electrons. The fourth-order valence-electron chi connectivity index (χ4n) is 2.11. The van der Waals surface area contributed by atoms with E-state index in [1.807, 2.05) is 11.4 Å². The van der Waals surface area contributed by atoms with E-state index in [-0.39, 0.29) is 0 Å². The fourth-order valence-corrected chi connectivity index (χ4v) is 2.87. The van der Waals surface area contributed by atoms with Crippen LogP contribution < -0.4 is 5.32 Å². The van der Waals surface area contributed by atoms with E-state index in [0.29, 0.717) is 6.04 Å². The maximum Gasteiger partial charge on any atom is 0.100 e. The van der Waals surface area contributed by atoms with Gasteiger partial charge in [-0.3, -0.25) is 0 Å². The van der Waals surface area contributed by atoms with Crippen molar-refractivity contribution in [2.24, 2.45) is 0 Å². The third-order valence-electron chi connectivity index (χ3n) is 2.97. The van der Waals surface area contributed by atoms with Crippen LogP contribution >= 0.6 is 11.3 Å². The van der Waals surface area contributed by atoms with Crippen LogP contribution in [0.2, 0.25) is 0 Å². The van der Waals surface area contributed by atoms with E-state index in [1.54, 1.807) is 11.3 Å². The van der Waals surface area contributed by atoms with Crippen LogP contribution in [0.4, 0.5) is 0 Å². The molecule has 1 atom stereocenters. The molecule has 1 N–H and O–H groups in total. The first-order valence-corrected chi connectivity index (χ1v) is 6.55. The SMILES string of the molecule is CN1CCCC(NCc2cc(C#N)cs2)C1. The molecule has 4 heteroatoms. The largest absolute Gasteiger partial charge is 0.308 e. The topological polar surface area (TPSA) is 39.1 Å². The van der Waals surface area contributed by atoms with Gasteiger partial charge < -0.3 is 10.2 Å². The van der Waals surface area contributed by atoms with Crippen molar-refractivity contribution >= 4 is 11.3 Å². The zero-order valence-corrected chi connectivity index (χ0v) is 10.4. The minimum absolute atomic E-state index is 0.603. The lowest BCUT2D eigenvalue weighted by molar-refractivity contribution is 0.227. The third kappa shape index (κ3) is 3.05. The number of likely N-dealkylation sites (tertiary alicyclic amines) is 1. The molecule has 1 aliphatic heterocycles. The van der Waals surface area contributed by atoms with Crippen molar-refractivity contribution in [1.29, 1.82) is 5.26 Å². The summed E-state index contributed by atoms with van der Waals surface area (Å²) in [7, 11) is 2.17. The molecule has 2 heterocycles. The third-order valence-corrected chi connectivity index (χ3v) is 3.91. The highest BCUT2D eigenvalue weighted by molar-refractivity contribution is 7.10. The summed E-state index contributed by atoms with van der Waals surface area (Å²) in [6.45, 7) is 3.25. The number of likely N-dealkylation sites (N-methyl/N-ethyl adjacent to an activating group) is 1. The summed E-state index contributed by atoms with van der Waals surface area (Å²) in [5, 5.41) is 14.2. The number of nitrogens with one attached hydrogen (secondary N) is 1. The zero-order valence-electron chi connectivity index (χ0n) is 9.57. The highest BCUT2D eigenvalue weighted by Gasteiger charge is 2.16. The second kappa shape index (κ2) is 5.44. The number of thiophene rings is 1. The molecule has 1 aromatic rings. The Kier molecular flexibility index (Phi) is 3.94. The first-order chi connectivity index (χ1) is 7.78. The Labute approximate surface area is 101 Å². The van der Waals surface area contributed by atoms with Crippen LogP contribution in [0.3, 0.4) is 0 Å². The highest BCUT2D eigenvalue weighted by Crippen LogP contribution is 2.15. The predicted octanol–water partition coefficient (Wildman–Crippen LogP) is 1.80. The summed E-state index contributed by atoms with van der Waals surface area (Å²) >= 11 is 1.66. The fraction of sp³-hybridized carbons (Fsp3) is 0.583. The molecule has 2 rings (SSSR count). The van der Waals surface area contributed by atoms with Gasteiger partial charge in [-0.1, -0.05) is 0 Å². The van der Waals surface area contributed by atoms with Gasteiger partial charge in [0, 0.05) is 29.4 Å². The summed E-state index contributed by atoms with van der Waals surface area (Å²) in [5.41, 5.74) is 0.780. The van der Waals surface area contributed by atoms with Gasteiger partial charge in [0.2, 0.25) is 0 Å². The van der Waals surface area contributed by atoms with Gasteiger partial charge in [-0.2, -0.15) is 5.26 Å². The molecule has 0 saturated carbocycles. The van der Waals surface area contributed by atoms with Gasteiger partial charge in [0.25, 0.3) is 0 Å². The van der Waals surface area contributed by atoms with Gasteiger partial charge in [0.15, 0.2) is 0 Å². The first-order valence-electron chi connectivity index (χ1n) is 5.67. The second-order valence-electron chi connectivity index (χ2n) is 4.40. The number of hydrogen-bond donors (Lipinski definition) is 1. The molecule has 0 spiro atoms. The van der Waals surface area contributed by atoms with Crippen molar-refractivity contribution in [1.82, 2.24) is 10.2 Å². The number of nitriles is 1. The summed E-state index contributed by atoms with van der Waals surface area (Å²) in [4.78, 5) is 3.63. The molecule has 0 radical (unpaired) electrons. The monoisotopic (exact) mass is 235 g/mol. The number of rotatable bonds is 3. The second-order valence-corrected chi connectivity index (χ2v) is 5.39. The van der Waals surface area contributed by atoms with Crippen LogP contribution in [0, 0.1) is 11.3 Å². The number of nitrogens with zero attached hydrogens (tertiary/aromatic N) is 2. The molecule has 1 unspecified atom stereocenters. The number of piperidine rings is 1. The number of hydrogen-bond acceptors (Lipinski definition) is 4. The van der Waals surface area contributed by atoms with Crippen LogP contribution in [-0.2, 0) is 6.54 Å². The van der Waals surface area contributed by atoms with Crippen LogP contribution in [-0.4, -0.2) is 31.1 Å². The van der Waals surface area contributed by atoms with Crippen LogP contribution in [0.25, 0.3) is 0 Å². The minimum Gasteiger partial charge on any atom is -0.308 e. The van der Waals surface area contributed by atoms with E-state index >= 15 is 0 Å². The quantitative estimate of drug-likeness (QED) is 0.868. The Balaban J connectivity index is 1.80. The van der Waals surface area contributed by atoms with Gasteiger partial charge in [-0.25, -0.2) is 0 Å². The molecule has 1 saturated heterocycles. The molecule has 1 aliphatic rings. The van der Waals surface area contributed by atoms with E-state index in [9.17, 15) is 0 Å². The summed E-state index contributed by atoms with van der Waals surface area (Å²) in [6.07, 6.45) is 2.54. The van der Waals surface area contributed by atoms with Crippen molar-refractivity contribution in [2.45, 2.75) is 25.4 Å². The van der Waals surface area contributed by atoms with E-state index in [0.717, 1.165) is 18.7 Å². The molecular formula is C12H17N3S. The minimum atomic E-state index is 0.603. The summed E-state index contributed by atoms with van der Waals surface area (Å²) < 4.78 is 0. The van der Waals surface area contributed by atoms with E-state index in [2.05, 4.69) is 23.3 Å². The Morgan fingerprint density at radius 2 is 2.56 bits per heavy atom. The standard InChI is InChI=1S/C12H17N3S/c1-15-4-2-3-11(8-15)14-7-12-5-10(6-13)9-16-12/h5,9,11,14H,2-4,7-8H2,1H3. The lowest BCUT2D eigenvalue weighted by Gasteiger charge is -2.30. The van der Waals surface area contributed by atoms with Gasteiger partial charge in [0.1, 0.15) is 6.07 Å². The van der Waals surface area contributed by atoms with Gasteiger partial charge in [-0.05, 0) is 32.5 Å². The predicted molar refractivity (Wildman–Crippen MR) is 66.4 cm³/mol. The molecular weight excluding hydrogens is 218 g/mol. The maximum atomic E-state index is 8.73. The Morgan fingerprint density at radius 3 is 3.25 bits per heavy atom. The lowest BCUT2D eigenvalue weighted by Crippen LogP contribution is -2.43. The summed E-state index contributed by atoms with van der Waals surface area (Å²) in [6, 6.07) is 4.75. The lowest BCUT2D eigenvalue weighted by atomic mass is 10.1. The smallest absolute Gasteiger partial charge is 0.100 e. The average molecular weight is 235 g/mol. The Hall–Kier alpha value is -0.890. The van der Waals surface area contributed by atoms with Crippen molar-refractivity contribution < 1.29 is 0 Å². The van der Waals surface area contributed by atoms with Crippen LogP contribution in [0.1, 0.15) is 23.3 Å². The summed E-state index contributed by atoms with van der Waals surface area (Å²) in [5.74, 6) is 0. The van der Waals surface area contributed by atoms with Gasteiger partial charge in [-0.15, -0.1) is 11.3 Å². The Morgan fingerprint density at radius 1 is 1.69 bits per heavy atom. The van der Waals surface area contributed by atoms with E-state index < -0.39 is 0 Å². The molecule has 3 nitrogen and oxygen atoms in total. The van der Waals surface area contributed by atoms with Crippen molar-refractivity contribution in [3.8, 4) is 6.07 Å². The average Bonchev–Trinajstić information content (AvgIpc) is 2.74. The molecule has 0 bridgehead atoms. The van der Waals surface area contributed by atoms with E-state index in [4.69, 9.17) is 5.26 Å². The van der Waals surface area contributed by atoms with Crippen LogP contribution in [0.5, 0.6) is 0 Å². The molecule has 0 aromatic carbocycles. The molecule has 1 fully saturated rings. The van der Waals surface area contributed by atoms with Gasteiger partial charge in [0.05, 0.1) is 5.56 Å². The molecule has 16 heavy (non-hydrogen) atoms. The highest BCUT2D eigenvalue weighted by atomic mass is 32.1. The van der Waals surface area contributed by atoms with Crippen molar-refractivity contribution in [3.05, 3.63) is 21.9 Å². The maximum absolute atomic E-state index is 8.73. The molecule has 0 aliphatic carbocycles. The first kappa shape index (κ1) is 11.6. The van der Waals surface area contributed by atoms with Crippen LogP contribution in [0.15, 0.2) is 11.4 Å². The van der Waals surface area contributed by atoms with Crippen molar-refractivity contribution in [2.75, 3.05) is 20.1 Å². The van der Waals surface area contributed by atoms with E-state index in [1.165, 1.54) is 24.3 Å². The zero-order chi connectivity index (χ0) is 11.4. The Bertz CT molecular complexity index is 380. The molecule has 0 amide bonds. The molecule has 1 aromatic heterocycles. The normalized spacial score (nSPS) is 21.9.